The van der Waals surface area contributed by atoms with Crippen molar-refractivity contribution >= 4 is 20.1 Å². The quantitative estimate of drug-likeness (QED) is 0.131. The summed E-state index contributed by atoms with van der Waals surface area (Å²) < 4.78 is 229. The van der Waals surface area contributed by atoms with E-state index in [0.717, 1.165) is 0 Å². The van der Waals surface area contributed by atoms with E-state index < -0.39 is 97.5 Å². The summed E-state index contributed by atoms with van der Waals surface area (Å²) in [5, 5.41) is 11.0. The Bertz CT molecular complexity index is 1080. The van der Waals surface area contributed by atoms with Crippen molar-refractivity contribution in [3.05, 3.63) is 0 Å². The van der Waals surface area contributed by atoms with Crippen molar-refractivity contribution in [1.29, 1.82) is 0 Å². The van der Waals surface area contributed by atoms with Crippen molar-refractivity contribution in [1.82, 2.24) is 4.31 Å². The van der Waals surface area contributed by atoms with E-state index in [-0.39, 0.29) is 17.6 Å². The topological polar surface area (TPSA) is 132 Å². The molecule has 40 heavy (non-hydrogen) atoms. The van der Waals surface area contributed by atoms with Crippen molar-refractivity contribution in [2.45, 2.75) is 47.6 Å². The van der Waals surface area contributed by atoms with E-state index in [0.29, 0.717) is 0 Å². The third-order valence-electron chi connectivity index (χ3n) is 5.26. The highest BCUT2D eigenvalue weighted by Gasteiger charge is 2.92. The number of hydrogen-bond acceptors (Lipinski definition) is 6. The van der Waals surface area contributed by atoms with Crippen molar-refractivity contribution in [3.8, 4) is 0 Å². The number of hydrogen-bond donors (Lipinski definition) is 3. The Kier molecular flexibility index (Phi) is 11.5. The number of rotatable bonds is 16. The molecule has 242 valence electrons. The van der Waals surface area contributed by atoms with Crippen molar-refractivity contribution in [3.63, 3.8) is 0 Å². The molecule has 0 aliphatic carbocycles. The van der Waals surface area contributed by atoms with Gasteiger partial charge in [-0.05, 0) is 0 Å². The van der Waals surface area contributed by atoms with Gasteiger partial charge in [0.15, 0.2) is 0 Å². The molecular weight excluding hydrogens is 643 g/mol. The molecule has 0 aliphatic rings. The van der Waals surface area contributed by atoms with Crippen LogP contribution in [0.25, 0.3) is 0 Å². The molecule has 24 heteroatoms. The fraction of sp³-hybridized carbons (Fsp3) is 1.00. The molecule has 0 saturated carbocycles. The highest BCUT2D eigenvalue weighted by atomic mass is 32.2. The van der Waals surface area contributed by atoms with E-state index in [9.17, 15) is 79.0 Å². The smallest absolute Gasteiger partial charge is 0.391 e. The SMILES string of the molecule is C[N+](C)(CCO)CCCN(CC(O)CS(=O)(=O)O)S(=O)(=O)C(F)(F)C(F)(F)C(F)(F)C(F)(F)C(F)(F)C(F)(F)F. The zero-order chi connectivity index (χ0) is 32.6. The van der Waals surface area contributed by atoms with E-state index in [2.05, 4.69) is 0 Å². The number of alkyl halides is 13. The summed E-state index contributed by atoms with van der Waals surface area (Å²) in [5.41, 5.74) is 0. The molecule has 0 aromatic rings. The molecule has 0 radical (unpaired) electrons. The second-order valence-corrected chi connectivity index (χ2v) is 12.5. The number of halogens is 13. The highest BCUT2D eigenvalue weighted by Crippen LogP contribution is 2.61. The third-order valence-corrected chi connectivity index (χ3v) is 7.98. The van der Waals surface area contributed by atoms with Gasteiger partial charge in [-0.15, -0.1) is 0 Å². The molecule has 0 rings (SSSR count). The first-order valence-electron chi connectivity index (χ1n) is 10.3. The molecule has 9 nitrogen and oxygen atoms in total. The van der Waals surface area contributed by atoms with Gasteiger partial charge in [0.05, 0.1) is 33.4 Å². The van der Waals surface area contributed by atoms with Crippen molar-refractivity contribution in [2.75, 3.05) is 52.6 Å². The lowest BCUT2D eigenvalue weighted by molar-refractivity contribution is -0.890. The van der Waals surface area contributed by atoms with Crippen LogP contribution in [0, 0.1) is 0 Å². The minimum Gasteiger partial charge on any atom is -0.391 e. The van der Waals surface area contributed by atoms with Crippen LogP contribution in [0.2, 0.25) is 0 Å². The fourth-order valence-electron chi connectivity index (χ4n) is 2.98. The largest absolute Gasteiger partial charge is 0.460 e. The Hall–Kier alpha value is -1.21. The maximum absolute atomic E-state index is 14.5. The molecule has 1 atom stereocenters. The molecule has 0 aliphatic heterocycles. The Labute approximate surface area is 218 Å². The summed E-state index contributed by atoms with van der Waals surface area (Å²) in [6.07, 6.45) is -11.2. The first-order valence-corrected chi connectivity index (χ1v) is 13.3. The van der Waals surface area contributed by atoms with Crippen LogP contribution < -0.4 is 0 Å². The molecule has 0 heterocycles. The van der Waals surface area contributed by atoms with Gasteiger partial charge in [-0.3, -0.25) is 4.55 Å². The highest BCUT2D eigenvalue weighted by molar-refractivity contribution is 7.90. The minimum absolute atomic E-state index is 0.110. The Balaban J connectivity index is 6.77. The zero-order valence-corrected chi connectivity index (χ0v) is 21.8. The van der Waals surface area contributed by atoms with Gasteiger partial charge in [-0.2, -0.15) is 69.8 Å². The standard InChI is InChI=1S/C16H23F13N2O7S2/c1-31(2,6-7-32)5-3-4-30(8-10(33)9-39(34,35)36)40(37,38)16(28,29)14(23,24)12(19,20)11(17,18)13(21,22)15(25,26)27/h10,32-33H,3-9H2,1-2H3/p+1. The molecule has 0 bridgehead atoms. The number of nitrogens with zero attached hydrogens (tertiary/aromatic N) is 2. The van der Waals surface area contributed by atoms with Crippen LogP contribution >= 0.6 is 0 Å². The summed E-state index contributed by atoms with van der Waals surface area (Å²) in [6, 6.07) is 0. The van der Waals surface area contributed by atoms with E-state index in [1.807, 2.05) is 0 Å². The molecule has 0 aromatic carbocycles. The van der Waals surface area contributed by atoms with Gasteiger partial charge in [-0.1, -0.05) is 0 Å². The van der Waals surface area contributed by atoms with Crippen LogP contribution in [-0.4, -0.2) is 134 Å². The molecule has 0 fully saturated rings. The monoisotopic (exact) mass is 667 g/mol. The van der Waals surface area contributed by atoms with Crippen LogP contribution in [0.4, 0.5) is 57.1 Å². The van der Waals surface area contributed by atoms with Crippen molar-refractivity contribution in [2.24, 2.45) is 0 Å². The first kappa shape index (κ1) is 38.8. The number of aliphatic hydroxyl groups excluding tert-OH is 2. The maximum atomic E-state index is 14.5. The fourth-order valence-corrected chi connectivity index (χ4v) is 5.08. The van der Waals surface area contributed by atoms with Gasteiger partial charge in [-0.25, -0.2) is 8.42 Å². The third kappa shape index (κ3) is 7.59. The van der Waals surface area contributed by atoms with E-state index in [4.69, 9.17) is 9.66 Å². The van der Waals surface area contributed by atoms with Crippen LogP contribution in [0.15, 0.2) is 0 Å². The summed E-state index contributed by atoms with van der Waals surface area (Å²) in [6.45, 7) is -4.51. The van der Waals surface area contributed by atoms with Gasteiger partial charge in [0.25, 0.3) is 20.1 Å². The van der Waals surface area contributed by atoms with Gasteiger partial charge in [0, 0.05) is 19.5 Å². The number of aliphatic hydroxyl groups is 2. The lowest BCUT2D eigenvalue weighted by Gasteiger charge is -2.40. The molecule has 0 amide bonds. The van der Waals surface area contributed by atoms with Crippen LogP contribution in [0.3, 0.4) is 0 Å². The summed E-state index contributed by atoms with van der Waals surface area (Å²) in [4.78, 5) is 0. The van der Waals surface area contributed by atoms with Crippen LogP contribution in [-0.2, 0) is 20.1 Å². The van der Waals surface area contributed by atoms with Crippen LogP contribution in [0.1, 0.15) is 6.42 Å². The predicted molar refractivity (Wildman–Crippen MR) is 107 cm³/mol. The molecule has 1 unspecified atom stereocenters. The number of likely N-dealkylation sites (N-methyl/N-ethyl adjacent to an activating group) is 1. The average Bonchev–Trinajstić information content (AvgIpc) is 2.69. The van der Waals surface area contributed by atoms with Crippen LogP contribution in [0.5, 0.6) is 0 Å². The summed E-state index contributed by atoms with van der Waals surface area (Å²) in [5.74, 6) is -34.9. The minimum atomic E-state index is -8.41. The second-order valence-electron chi connectivity index (χ2n) is 9.04. The van der Waals surface area contributed by atoms with E-state index >= 15 is 0 Å². The molecule has 0 saturated heterocycles. The van der Waals surface area contributed by atoms with E-state index in [1.54, 1.807) is 0 Å². The molecular formula is C16H24F13N2O7S2+. The normalized spacial score (nSPS) is 16.5. The van der Waals surface area contributed by atoms with Gasteiger partial charge >= 0.3 is 35.1 Å². The lowest BCUT2D eigenvalue weighted by atomic mass is 9.98. The molecule has 0 spiro atoms. The summed E-state index contributed by atoms with van der Waals surface area (Å²) in [7, 11) is -10.1. The Morgan fingerprint density at radius 2 is 1.18 bits per heavy atom. The van der Waals surface area contributed by atoms with Gasteiger partial charge in [0.2, 0.25) is 0 Å². The first-order chi connectivity index (χ1) is 17.3. The summed E-state index contributed by atoms with van der Waals surface area (Å²) >= 11 is 0. The van der Waals surface area contributed by atoms with Gasteiger partial charge in [0.1, 0.15) is 12.3 Å². The van der Waals surface area contributed by atoms with Crippen molar-refractivity contribution < 1.29 is 93.2 Å². The molecule has 3 N–H and O–H groups in total. The zero-order valence-electron chi connectivity index (χ0n) is 20.1. The molecule has 0 aromatic heterocycles. The second kappa shape index (κ2) is 11.8. The average molecular weight is 667 g/mol. The number of quaternary nitrogens is 1. The Morgan fingerprint density at radius 1 is 0.750 bits per heavy atom. The maximum Gasteiger partial charge on any atom is 0.460 e. The Morgan fingerprint density at radius 3 is 1.55 bits per heavy atom. The van der Waals surface area contributed by atoms with Gasteiger partial charge < -0.3 is 14.7 Å². The number of sulfonamides is 1. The lowest BCUT2D eigenvalue weighted by Crippen LogP contribution is -2.72. The predicted octanol–water partition coefficient (Wildman–Crippen LogP) is 2.02. The van der Waals surface area contributed by atoms with E-state index in [1.165, 1.54) is 14.1 Å².